The predicted octanol–water partition coefficient (Wildman–Crippen LogP) is -0.448. The Morgan fingerprint density at radius 2 is 2.00 bits per heavy atom. The number of carbonyl (C=O) groups excluding carboxylic acids is 1. The number of rotatable bonds is 6. The van der Waals surface area contributed by atoms with E-state index in [2.05, 4.69) is 15.3 Å². The van der Waals surface area contributed by atoms with E-state index in [9.17, 15) is 24.6 Å². The molecule has 0 saturated carbocycles. The normalized spacial score (nSPS) is 23.5. The second kappa shape index (κ2) is 8.72. The Labute approximate surface area is 175 Å². The predicted molar refractivity (Wildman–Crippen MR) is 111 cm³/mol. The van der Waals surface area contributed by atoms with E-state index in [-0.39, 0.29) is 5.91 Å². The first-order valence-electron chi connectivity index (χ1n) is 9.78. The fourth-order valence-electron chi connectivity index (χ4n) is 3.60. The number of carbonyl (C=O) groups is 1. The van der Waals surface area contributed by atoms with Gasteiger partial charge >= 0.3 is 5.69 Å². The molecule has 10 nitrogen and oxygen atoms in total. The third-order valence-corrected chi connectivity index (χ3v) is 5.21. The number of ether oxygens (including phenoxy) is 1. The molecule has 4 atom stereocenters. The lowest BCUT2D eigenvalue weighted by atomic mass is 10.1. The van der Waals surface area contributed by atoms with E-state index in [4.69, 9.17) is 4.74 Å². The number of para-hydroxylation sites is 1. The van der Waals surface area contributed by atoms with E-state index < -0.39 is 35.8 Å². The van der Waals surface area contributed by atoms with E-state index in [0.29, 0.717) is 13.0 Å². The molecule has 1 aliphatic rings. The van der Waals surface area contributed by atoms with Crippen molar-refractivity contribution in [2.45, 2.75) is 31.0 Å². The Morgan fingerprint density at radius 3 is 2.81 bits per heavy atom. The molecule has 31 heavy (non-hydrogen) atoms. The number of aromatic nitrogens is 3. The van der Waals surface area contributed by atoms with Crippen molar-refractivity contribution in [1.82, 2.24) is 19.9 Å². The van der Waals surface area contributed by atoms with Crippen molar-refractivity contribution >= 4 is 16.8 Å². The number of aliphatic hydroxyl groups is 2. The van der Waals surface area contributed by atoms with Gasteiger partial charge in [0, 0.05) is 42.0 Å². The van der Waals surface area contributed by atoms with Gasteiger partial charge in [0.1, 0.15) is 18.3 Å². The fourth-order valence-corrected chi connectivity index (χ4v) is 3.60. The first-order chi connectivity index (χ1) is 14.9. The molecule has 0 spiro atoms. The number of aliphatic hydroxyl groups excluding tert-OH is 2. The van der Waals surface area contributed by atoms with Gasteiger partial charge in [-0.25, -0.2) is 4.79 Å². The van der Waals surface area contributed by atoms with Crippen LogP contribution in [0.25, 0.3) is 10.9 Å². The number of hydrogen-bond donors (Lipinski definition) is 5. The van der Waals surface area contributed by atoms with Crippen molar-refractivity contribution in [3.8, 4) is 0 Å². The van der Waals surface area contributed by atoms with Crippen LogP contribution in [0, 0.1) is 0 Å². The van der Waals surface area contributed by atoms with Crippen molar-refractivity contribution in [2.24, 2.45) is 0 Å². The van der Waals surface area contributed by atoms with Crippen LogP contribution in [0.5, 0.6) is 0 Å². The quantitative estimate of drug-likeness (QED) is 0.337. The number of hydrogen-bond acceptors (Lipinski definition) is 6. The smallest absolute Gasteiger partial charge is 0.330 e. The standard InChI is InChI=1S/C21H22N4O6/c26-16(22-9-7-12-11-23-14-4-2-1-3-13(12)14)6-5-15-18(28)19(29)20(31-15)25-10-8-17(27)24-21(25)30/h1-6,8,10-11,15,18-20,23,28-29H,7,9H2,(H,22,26)(H,24,27,30)/b6-5+/t15-,18-,19-,20-/m1/s1. The highest BCUT2D eigenvalue weighted by Gasteiger charge is 2.42. The highest BCUT2D eigenvalue weighted by atomic mass is 16.6. The lowest BCUT2D eigenvalue weighted by molar-refractivity contribution is -0.116. The van der Waals surface area contributed by atoms with Gasteiger partial charge in [-0.1, -0.05) is 18.2 Å². The second-order valence-corrected chi connectivity index (χ2v) is 7.25. The minimum atomic E-state index is -1.41. The van der Waals surface area contributed by atoms with Gasteiger partial charge in [-0.15, -0.1) is 0 Å². The molecule has 162 valence electrons. The zero-order valence-corrected chi connectivity index (χ0v) is 16.4. The number of amides is 1. The summed E-state index contributed by atoms with van der Waals surface area (Å²) >= 11 is 0. The Balaban J connectivity index is 1.34. The summed E-state index contributed by atoms with van der Waals surface area (Å²) < 4.78 is 6.50. The molecular weight excluding hydrogens is 404 g/mol. The van der Waals surface area contributed by atoms with E-state index >= 15 is 0 Å². The van der Waals surface area contributed by atoms with Crippen LogP contribution in [0.4, 0.5) is 0 Å². The van der Waals surface area contributed by atoms with E-state index in [0.717, 1.165) is 27.1 Å². The molecule has 1 aliphatic heterocycles. The molecule has 3 aromatic rings. The van der Waals surface area contributed by atoms with Crippen LogP contribution in [-0.4, -0.2) is 55.5 Å². The van der Waals surface area contributed by atoms with Gasteiger partial charge in [-0.3, -0.25) is 19.1 Å². The molecule has 5 N–H and O–H groups in total. The van der Waals surface area contributed by atoms with Crippen molar-refractivity contribution in [3.63, 3.8) is 0 Å². The molecule has 1 saturated heterocycles. The first-order valence-corrected chi connectivity index (χ1v) is 9.78. The molecule has 1 aromatic carbocycles. The summed E-state index contributed by atoms with van der Waals surface area (Å²) in [6.07, 6.45) is 1.31. The van der Waals surface area contributed by atoms with Crippen molar-refractivity contribution < 1.29 is 19.7 Å². The lowest BCUT2D eigenvalue weighted by Crippen LogP contribution is -2.37. The lowest BCUT2D eigenvalue weighted by Gasteiger charge is -2.16. The van der Waals surface area contributed by atoms with Gasteiger partial charge in [0.25, 0.3) is 5.56 Å². The topological polar surface area (TPSA) is 149 Å². The van der Waals surface area contributed by atoms with Crippen LogP contribution in [-0.2, 0) is 16.0 Å². The van der Waals surface area contributed by atoms with Gasteiger partial charge in [-0.2, -0.15) is 0 Å². The average molecular weight is 426 g/mol. The molecule has 0 unspecified atom stereocenters. The zero-order valence-electron chi connectivity index (χ0n) is 16.4. The van der Waals surface area contributed by atoms with Gasteiger partial charge in [-0.05, 0) is 24.1 Å². The molecule has 1 amide bonds. The third-order valence-electron chi connectivity index (χ3n) is 5.21. The van der Waals surface area contributed by atoms with Gasteiger partial charge in [0.2, 0.25) is 5.91 Å². The van der Waals surface area contributed by atoms with E-state index in [1.807, 2.05) is 30.5 Å². The highest BCUT2D eigenvalue weighted by Crippen LogP contribution is 2.28. The minimum absolute atomic E-state index is 0.380. The zero-order chi connectivity index (χ0) is 22.0. The van der Waals surface area contributed by atoms with Crippen molar-refractivity contribution in [1.29, 1.82) is 0 Å². The maximum atomic E-state index is 12.1. The third kappa shape index (κ3) is 4.36. The van der Waals surface area contributed by atoms with Gasteiger partial charge in [0.05, 0.1) is 0 Å². The molecular formula is C21H22N4O6. The molecule has 2 aromatic heterocycles. The number of nitrogens with one attached hydrogen (secondary N) is 3. The molecule has 1 fully saturated rings. The maximum absolute atomic E-state index is 12.1. The molecule has 0 aliphatic carbocycles. The fraction of sp³-hybridized carbons (Fsp3) is 0.286. The van der Waals surface area contributed by atoms with Crippen LogP contribution < -0.4 is 16.6 Å². The van der Waals surface area contributed by atoms with Crippen molar-refractivity contribution in [2.75, 3.05) is 6.54 Å². The van der Waals surface area contributed by atoms with Gasteiger partial charge < -0.3 is 25.3 Å². The van der Waals surface area contributed by atoms with Crippen LogP contribution in [0.15, 0.2) is 64.5 Å². The summed E-state index contributed by atoms with van der Waals surface area (Å²) in [6.45, 7) is 0.414. The van der Waals surface area contributed by atoms with E-state index in [1.165, 1.54) is 18.3 Å². The van der Waals surface area contributed by atoms with Crippen LogP contribution >= 0.6 is 0 Å². The summed E-state index contributed by atoms with van der Waals surface area (Å²) in [5.41, 5.74) is 0.760. The number of nitrogens with zero attached hydrogens (tertiary/aromatic N) is 1. The number of aromatic amines is 2. The number of fused-ring (bicyclic) bond motifs is 1. The monoisotopic (exact) mass is 426 g/mol. The van der Waals surface area contributed by atoms with Gasteiger partial charge in [0.15, 0.2) is 6.23 Å². The highest BCUT2D eigenvalue weighted by molar-refractivity contribution is 5.87. The molecule has 10 heteroatoms. The van der Waals surface area contributed by atoms with Crippen molar-refractivity contribution in [3.05, 3.63) is 81.3 Å². The first kappa shape index (κ1) is 20.8. The van der Waals surface area contributed by atoms with Crippen LogP contribution in [0.1, 0.15) is 11.8 Å². The Bertz CT molecular complexity index is 1230. The summed E-state index contributed by atoms with van der Waals surface area (Å²) in [7, 11) is 0. The average Bonchev–Trinajstić information content (AvgIpc) is 3.28. The maximum Gasteiger partial charge on any atom is 0.330 e. The molecule has 3 heterocycles. The SMILES string of the molecule is O=C(/C=C/[C@H]1O[C@@H](n2ccc(=O)[nH]c2=O)[C@H](O)[C@@H]1O)NCCc1c[nH]c2ccccc12. The minimum Gasteiger partial charge on any atom is -0.387 e. The molecule has 4 rings (SSSR count). The summed E-state index contributed by atoms with van der Waals surface area (Å²) in [5.74, 6) is -0.380. The molecule has 0 radical (unpaired) electrons. The summed E-state index contributed by atoms with van der Waals surface area (Å²) in [5, 5.41) is 24.3. The second-order valence-electron chi connectivity index (χ2n) is 7.25. The van der Waals surface area contributed by atoms with Crippen LogP contribution in [0.3, 0.4) is 0 Å². The van der Waals surface area contributed by atoms with Crippen LogP contribution in [0.2, 0.25) is 0 Å². The number of benzene rings is 1. The van der Waals surface area contributed by atoms with E-state index in [1.54, 1.807) is 0 Å². The Morgan fingerprint density at radius 1 is 1.19 bits per heavy atom. The molecule has 0 bridgehead atoms. The summed E-state index contributed by atoms with van der Waals surface area (Å²) in [4.78, 5) is 40.5. The largest absolute Gasteiger partial charge is 0.387 e. The Hall–Kier alpha value is -3.47. The summed E-state index contributed by atoms with van der Waals surface area (Å²) in [6, 6.07) is 9.00. The Kier molecular flexibility index (Phi) is 5.85. The number of H-pyrrole nitrogens is 2.